The molecule has 0 unspecified atom stereocenters. The van der Waals surface area contributed by atoms with Crippen LogP contribution in [0.2, 0.25) is 0 Å². The molecule has 26 heavy (non-hydrogen) atoms. The third-order valence-corrected chi connectivity index (χ3v) is 4.07. The molecule has 0 aliphatic carbocycles. The SMILES string of the molecule is Fc1nc(Nc2ccc(S)cc2)nc(Nc2cccc3ccccc23)n1. The van der Waals surface area contributed by atoms with Crippen LogP contribution in [0.3, 0.4) is 0 Å². The lowest BCUT2D eigenvalue weighted by Crippen LogP contribution is -2.06. The summed E-state index contributed by atoms with van der Waals surface area (Å²) < 4.78 is 13.9. The lowest BCUT2D eigenvalue weighted by atomic mass is 10.1. The van der Waals surface area contributed by atoms with E-state index in [-0.39, 0.29) is 11.9 Å². The van der Waals surface area contributed by atoms with Crippen LogP contribution in [-0.4, -0.2) is 15.0 Å². The van der Waals surface area contributed by atoms with E-state index < -0.39 is 6.08 Å². The summed E-state index contributed by atoms with van der Waals surface area (Å²) in [5.41, 5.74) is 1.52. The molecule has 0 saturated heterocycles. The van der Waals surface area contributed by atoms with E-state index in [0.717, 1.165) is 27.0 Å². The van der Waals surface area contributed by atoms with Gasteiger partial charge in [0.05, 0.1) is 0 Å². The van der Waals surface area contributed by atoms with Gasteiger partial charge in [-0.3, -0.25) is 0 Å². The molecular weight excluding hydrogens is 349 g/mol. The number of halogens is 1. The molecule has 4 aromatic rings. The summed E-state index contributed by atoms with van der Waals surface area (Å²) in [5.74, 6) is 0.245. The van der Waals surface area contributed by atoms with Gasteiger partial charge in [-0.15, -0.1) is 12.6 Å². The Balaban J connectivity index is 1.64. The zero-order valence-corrected chi connectivity index (χ0v) is 14.4. The summed E-state index contributed by atoms with van der Waals surface area (Å²) >= 11 is 4.24. The molecule has 7 heteroatoms. The van der Waals surface area contributed by atoms with E-state index in [0.29, 0.717) is 0 Å². The molecule has 1 heterocycles. The molecule has 0 spiro atoms. The second-order valence-corrected chi connectivity index (χ2v) is 6.09. The molecule has 0 aliphatic heterocycles. The van der Waals surface area contributed by atoms with Gasteiger partial charge in [0.1, 0.15) is 0 Å². The van der Waals surface area contributed by atoms with Gasteiger partial charge in [0.15, 0.2) is 0 Å². The normalized spacial score (nSPS) is 10.7. The van der Waals surface area contributed by atoms with Crippen LogP contribution in [0, 0.1) is 6.08 Å². The van der Waals surface area contributed by atoms with E-state index in [4.69, 9.17) is 0 Å². The fraction of sp³-hybridized carbons (Fsp3) is 0. The molecule has 2 N–H and O–H groups in total. The van der Waals surface area contributed by atoms with E-state index >= 15 is 0 Å². The van der Waals surface area contributed by atoms with Crippen molar-refractivity contribution < 1.29 is 4.39 Å². The minimum Gasteiger partial charge on any atom is -0.324 e. The first-order valence-corrected chi connectivity index (χ1v) is 8.34. The summed E-state index contributed by atoms with van der Waals surface area (Å²) in [5, 5.41) is 8.09. The Bertz CT molecular complexity index is 1060. The van der Waals surface area contributed by atoms with E-state index in [1.165, 1.54) is 0 Å². The molecule has 1 aromatic heterocycles. The standard InChI is InChI=1S/C19H14FN5S/c20-17-23-18(21-13-8-10-14(26)11-9-13)25-19(24-17)22-16-7-3-5-12-4-1-2-6-15(12)16/h1-11,26H,(H2,21,22,23,24,25). The lowest BCUT2D eigenvalue weighted by molar-refractivity contribution is 0.537. The summed E-state index contributed by atoms with van der Waals surface area (Å²) in [6.07, 6.45) is -0.865. The van der Waals surface area contributed by atoms with Crippen molar-refractivity contribution in [2.75, 3.05) is 10.6 Å². The predicted molar refractivity (Wildman–Crippen MR) is 104 cm³/mol. The number of anilines is 4. The second kappa shape index (κ2) is 6.97. The molecule has 128 valence electrons. The van der Waals surface area contributed by atoms with Crippen LogP contribution in [0.15, 0.2) is 71.6 Å². The van der Waals surface area contributed by atoms with Crippen LogP contribution in [0.4, 0.5) is 27.7 Å². The van der Waals surface area contributed by atoms with Crippen LogP contribution < -0.4 is 10.6 Å². The molecule has 4 rings (SSSR count). The summed E-state index contributed by atoms with van der Waals surface area (Å²) in [6, 6.07) is 21.0. The first-order valence-electron chi connectivity index (χ1n) is 7.90. The number of fused-ring (bicyclic) bond motifs is 1. The highest BCUT2D eigenvalue weighted by Gasteiger charge is 2.08. The summed E-state index contributed by atoms with van der Waals surface area (Å²) in [4.78, 5) is 12.5. The molecular formula is C19H14FN5S. The average molecular weight is 363 g/mol. The minimum absolute atomic E-state index is 0.118. The molecule has 0 atom stereocenters. The highest BCUT2D eigenvalue weighted by atomic mass is 32.1. The smallest absolute Gasteiger partial charge is 0.315 e. The maximum atomic E-state index is 13.9. The first kappa shape index (κ1) is 16.3. The second-order valence-electron chi connectivity index (χ2n) is 5.58. The van der Waals surface area contributed by atoms with Gasteiger partial charge in [0, 0.05) is 21.7 Å². The van der Waals surface area contributed by atoms with Gasteiger partial charge in [-0.1, -0.05) is 36.4 Å². The first-order chi connectivity index (χ1) is 12.7. The average Bonchev–Trinajstić information content (AvgIpc) is 2.64. The Hall–Kier alpha value is -3.19. The predicted octanol–water partition coefficient (Wildman–Crippen LogP) is 4.94. The molecule has 0 aliphatic rings. The monoisotopic (exact) mass is 363 g/mol. The van der Waals surface area contributed by atoms with Crippen molar-refractivity contribution in [2.45, 2.75) is 4.90 Å². The van der Waals surface area contributed by atoms with Crippen LogP contribution >= 0.6 is 12.6 Å². The topological polar surface area (TPSA) is 62.7 Å². The van der Waals surface area contributed by atoms with Gasteiger partial charge in [0.25, 0.3) is 0 Å². The van der Waals surface area contributed by atoms with Gasteiger partial charge in [-0.05, 0) is 35.7 Å². The molecule has 3 aromatic carbocycles. The number of hydrogen-bond acceptors (Lipinski definition) is 6. The van der Waals surface area contributed by atoms with Crippen molar-refractivity contribution >= 4 is 46.7 Å². The zero-order chi connectivity index (χ0) is 17.9. The molecule has 5 nitrogen and oxygen atoms in total. The fourth-order valence-electron chi connectivity index (χ4n) is 2.59. The molecule has 0 amide bonds. The molecule has 0 radical (unpaired) electrons. The molecule has 0 saturated carbocycles. The lowest BCUT2D eigenvalue weighted by Gasteiger charge is -2.10. The van der Waals surface area contributed by atoms with E-state index in [2.05, 4.69) is 38.2 Å². The van der Waals surface area contributed by atoms with Crippen molar-refractivity contribution in [1.82, 2.24) is 15.0 Å². The number of thiol groups is 1. The Morgan fingerprint density at radius 2 is 1.42 bits per heavy atom. The van der Waals surface area contributed by atoms with Crippen LogP contribution in [-0.2, 0) is 0 Å². The van der Waals surface area contributed by atoms with Gasteiger partial charge < -0.3 is 10.6 Å². The highest BCUT2D eigenvalue weighted by molar-refractivity contribution is 7.80. The number of rotatable bonds is 4. The van der Waals surface area contributed by atoms with E-state index in [1.54, 1.807) is 0 Å². The van der Waals surface area contributed by atoms with E-state index in [9.17, 15) is 4.39 Å². The third-order valence-electron chi connectivity index (χ3n) is 3.77. The Labute approximate surface area is 154 Å². The number of nitrogens with one attached hydrogen (secondary N) is 2. The minimum atomic E-state index is -0.865. The van der Waals surface area contributed by atoms with Crippen molar-refractivity contribution in [3.05, 3.63) is 72.8 Å². The summed E-state index contributed by atoms with van der Waals surface area (Å²) in [7, 11) is 0. The Morgan fingerprint density at radius 1 is 0.731 bits per heavy atom. The van der Waals surface area contributed by atoms with Gasteiger partial charge in [0.2, 0.25) is 11.9 Å². The van der Waals surface area contributed by atoms with Crippen molar-refractivity contribution in [2.24, 2.45) is 0 Å². The fourth-order valence-corrected chi connectivity index (χ4v) is 2.74. The quantitative estimate of drug-likeness (QED) is 0.448. The van der Waals surface area contributed by atoms with Gasteiger partial charge in [-0.25, -0.2) is 0 Å². The van der Waals surface area contributed by atoms with Crippen LogP contribution in [0.1, 0.15) is 0 Å². The molecule has 0 bridgehead atoms. The Morgan fingerprint density at radius 3 is 2.23 bits per heavy atom. The van der Waals surface area contributed by atoms with Gasteiger partial charge >= 0.3 is 6.08 Å². The molecule has 0 fully saturated rings. The number of nitrogens with zero attached hydrogens (tertiary/aromatic N) is 3. The third kappa shape index (κ3) is 3.57. The number of hydrogen-bond donors (Lipinski definition) is 3. The van der Waals surface area contributed by atoms with Crippen LogP contribution in [0.5, 0.6) is 0 Å². The highest BCUT2D eigenvalue weighted by Crippen LogP contribution is 2.25. The van der Waals surface area contributed by atoms with Crippen molar-refractivity contribution in [3.63, 3.8) is 0 Å². The maximum Gasteiger partial charge on any atom is 0.315 e. The largest absolute Gasteiger partial charge is 0.324 e. The zero-order valence-electron chi connectivity index (χ0n) is 13.5. The van der Waals surface area contributed by atoms with Crippen molar-refractivity contribution in [1.29, 1.82) is 0 Å². The van der Waals surface area contributed by atoms with Crippen molar-refractivity contribution in [3.8, 4) is 0 Å². The van der Waals surface area contributed by atoms with E-state index in [1.807, 2.05) is 66.7 Å². The number of aromatic nitrogens is 3. The maximum absolute atomic E-state index is 13.9. The Kier molecular flexibility index (Phi) is 4.37. The van der Waals surface area contributed by atoms with Gasteiger partial charge in [-0.2, -0.15) is 19.3 Å². The number of benzene rings is 3. The summed E-state index contributed by atoms with van der Waals surface area (Å²) in [6.45, 7) is 0. The van der Waals surface area contributed by atoms with Crippen LogP contribution in [0.25, 0.3) is 10.8 Å².